The second-order valence-corrected chi connectivity index (χ2v) is 4.09. The Labute approximate surface area is 111 Å². The summed E-state index contributed by atoms with van der Waals surface area (Å²) in [6.07, 6.45) is -17.6. The van der Waals surface area contributed by atoms with Crippen LogP contribution in [0.4, 0.5) is 39.5 Å². The van der Waals surface area contributed by atoms with Crippen molar-refractivity contribution in [3.8, 4) is 0 Å². The molecule has 0 fully saturated rings. The van der Waals surface area contributed by atoms with E-state index in [0.29, 0.717) is 0 Å². The van der Waals surface area contributed by atoms with E-state index in [0.717, 1.165) is 6.92 Å². The summed E-state index contributed by atoms with van der Waals surface area (Å²) in [4.78, 5) is 2.67. The Hall–Kier alpha value is -1.52. The highest BCUT2D eigenvalue weighted by atomic mass is 19.4. The third kappa shape index (κ3) is 2.92. The van der Waals surface area contributed by atoms with E-state index in [-0.39, 0.29) is 6.20 Å². The molecule has 1 aromatic rings. The Morgan fingerprint density at radius 2 is 1.33 bits per heavy atom. The maximum Gasteiger partial charge on any atom is 0.432 e. The summed E-state index contributed by atoms with van der Waals surface area (Å²) in [6.45, 7) is 0.805. The summed E-state index contributed by atoms with van der Waals surface area (Å²) < 4.78 is 113. The Balaban J connectivity index is 3.64. The Morgan fingerprint density at radius 1 is 0.905 bits per heavy atom. The molecule has 0 atom stereocenters. The van der Waals surface area contributed by atoms with Crippen molar-refractivity contribution in [3.05, 3.63) is 29.1 Å². The average Bonchev–Trinajstić information content (AvgIpc) is 2.23. The molecule has 21 heavy (non-hydrogen) atoms. The molecule has 0 unspecified atom stereocenters. The Morgan fingerprint density at radius 3 is 1.67 bits per heavy atom. The lowest BCUT2D eigenvalue weighted by Gasteiger charge is -2.32. The van der Waals surface area contributed by atoms with Crippen LogP contribution < -0.4 is 0 Å². The van der Waals surface area contributed by atoms with Gasteiger partial charge >= 0.3 is 18.5 Å². The zero-order valence-electron chi connectivity index (χ0n) is 9.95. The fraction of sp³-hybridized carbons (Fsp3) is 0.500. The molecule has 1 rings (SSSR count). The second-order valence-electron chi connectivity index (χ2n) is 4.09. The summed E-state index contributed by atoms with van der Waals surface area (Å²) in [5.74, 6) is 0. The van der Waals surface area contributed by atoms with Gasteiger partial charge in [-0.1, -0.05) is 0 Å². The van der Waals surface area contributed by atoms with E-state index in [4.69, 9.17) is 5.11 Å². The molecule has 0 aromatic carbocycles. The molecular weight excluding hydrogens is 321 g/mol. The van der Waals surface area contributed by atoms with Crippen molar-refractivity contribution in [1.29, 1.82) is 0 Å². The van der Waals surface area contributed by atoms with E-state index in [1.165, 1.54) is 0 Å². The zero-order valence-corrected chi connectivity index (χ0v) is 9.95. The minimum absolute atomic E-state index is 0.181. The molecule has 0 aliphatic heterocycles. The molecule has 0 saturated heterocycles. The van der Waals surface area contributed by atoms with Crippen LogP contribution in [-0.2, 0) is 11.8 Å². The zero-order chi connectivity index (χ0) is 16.9. The largest absolute Gasteiger partial charge is 0.432 e. The van der Waals surface area contributed by atoms with E-state index in [1.54, 1.807) is 0 Å². The Kier molecular flexibility index (Phi) is 3.97. The molecule has 0 aliphatic rings. The van der Waals surface area contributed by atoms with Gasteiger partial charge in [0.15, 0.2) is 0 Å². The van der Waals surface area contributed by atoms with Crippen molar-refractivity contribution in [3.63, 3.8) is 0 Å². The summed E-state index contributed by atoms with van der Waals surface area (Å²) in [6, 6.07) is -0.462. The molecular formula is C10H6F9NO. The van der Waals surface area contributed by atoms with Gasteiger partial charge in [0.1, 0.15) is 0 Å². The van der Waals surface area contributed by atoms with Gasteiger partial charge < -0.3 is 5.11 Å². The first-order valence-corrected chi connectivity index (χ1v) is 5.02. The highest BCUT2D eigenvalue weighted by Gasteiger charge is 2.72. The minimum atomic E-state index is -6.30. The van der Waals surface area contributed by atoms with E-state index >= 15 is 0 Å². The van der Waals surface area contributed by atoms with Gasteiger partial charge in [-0.2, -0.15) is 39.5 Å². The van der Waals surface area contributed by atoms with Gasteiger partial charge in [-0.25, -0.2) is 0 Å². The maximum atomic E-state index is 12.5. The molecule has 0 spiro atoms. The lowest BCUT2D eigenvalue weighted by molar-refractivity contribution is -0.377. The molecule has 0 saturated carbocycles. The highest BCUT2D eigenvalue weighted by molar-refractivity contribution is 5.32. The van der Waals surface area contributed by atoms with Crippen LogP contribution in [0.1, 0.15) is 16.8 Å². The third-order valence-electron chi connectivity index (χ3n) is 2.60. The Bertz CT molecular complexity index is 515. The van der Waals surface area contributed by atoms with Gasteiger partial charge in [0, 0.05) is 6.20 Å². The highest BCUT2D eigenvalue weighted by Crippen LogP contribution is 2.50. The number of rotatable bonds is 1. The van der Waals surface area contributed by atoms with Crippen molar-refractivity contribution in [2.75, 3.05) is 0 Å². The lowest BCUT2D eigenvalue weighted by atomic mass is 9.95. The number of alkyl halides is 9. The maximum absolute atomic E-state index is 12.5. The summed E-state index contributed by atoms with van der Waals surface area (Å²) in [5, 5.41) is 8.96. The first-order chi connectivity index (χ1) is 9.12. The van der Waals surface area contributed by atoms with Crippen molar-refractivity contribution in [1.82, 2.24) is 4.98 Å². The standard InChI is InChI=1S/C10H6F9NO/c1-4-3-20-6(2-5(4)8(11,12)13)7(21,9(14,15)16)10(17,18)19/h2-3,21H,1H3. The molecule has 2 nitrogen and oxygen atoms in total. The summed E-state index contributed by atoms with van der Waals surface area (Å²) in [7, 11) is 0. The fourth-order valence-electron chi connectivity index (χ4n) is 1.48. The molecule has 0 bridgehead atoms. The summed E-state index contributed by atoms with van der Waals surface area (Å²) in [5.41, 5.74) is -10.1. The van der Waals surface area contributed by atoms with Gasteiger partial charge in [0.05, 0.1) is 11.3 Å². The van der Waals surface area contributed by atoms with Crippen molar-refractivity contribution >= 4 is 0 Å². The second kappa shape index (κ2) is 4.75. The number of aliphatic hydroxyl groups is 1. The van der Waals surface area contributed by atoms with Crippen LogP contribution in [0.15, 0.2) is 12.3 Å². The number of halogens is 9. The van der Waals surface area contributed by atoms with Crippen LogP contribution in [-0.4, -0.2) is 22.4 Å². The molecule has 120 valence electrons. The molecule has 0 radical (unpaired) electrons. The number of aryl methyl sites for hydroxylation is 1. The van der Waals surface area contributed by atoms with E-state index < -0.39 is 47.0 Å². The number of hydrogen-bond acceptors (Lipinski definition) is 2. The molecule has 0 aliphatic carbocycles. The predicted octanol–water partition coefficient (Wildman–Crippen LogP) is 3.72. The van der Waals surface area contributed by atoms with Crippen molar-refractivity contribution in [2.45, 2.75) is 31.1 Å². The molecule has 1 N–H and O–H groups in total. The molecule has 11 heteroatoms. The van der Waals surface area contributed by atoms with Crippen LogP contribution in [0.5, 0.6) is 0 Å². The first kappa shape index (κ1) is 17.5. The van der Waals surface area contributed by atoms with Gasteiger partial charge in [-0.15, -0.1) is 0 Å². The topological polar surface area (TPSA) is 33.1 Å². The van der Waals surface area contributed by atoms with Gasteiger partial charge in [-0.05, 0) is 18.6 Å². The van der Waals surface area contributed by atoms with Crippen LogP contribution >= 0.6 is 0 Å². The SMILES string of the molecule is Cc1cnc(C(O)(C(F)(F)F)C(F)(F)F)cc1C(F)(F)F. The van der Waals surface area contributed by atoms with Crippen molar-refractivity contribution in [2.24, 2.45) is 0 Å². The van der Waals surface area contributed by atoms with Crippen LogP contribution in [0.2, 0.25) is 0 Å². The molecule has 0 amide bonds. The molecule has 1 aromatic heterocycles. The quantitative estimate of drug-likeness (QED) is 0.798. The van der Waals surface area contributed by atoms with Crippen LogP contribution in [0, 0.1) is 6.92 Å². The lowest BCUT2D eigenvalue weighted by Crippen LogP contribution is -2.54. The van der Waals surface area contributed by atoms with E-state index in [1.807, 2.05) is 0 Å². The van der Waals surface area contributed by atoms with Gasteiger partial charge in [-0.3, -0.25) is 4.98 Å². The smallest absolute Gasteiger partial charge is 0.368 e. The number of aromatic nitrogens is 1. The van der Waals surface area contributed by atoms with Crippen LogP contribution in [0.25, 0.3) is 0 Å². The number of hydrogen-bond donors (Lipinski definition) is 1. The normalized spacial score (nSPS) is 14.4. The number of nitrogens with zero attached hydrogens (tertiary/aromatic N) is 1. The van der Waals surface area contributed by atoms with Crippen LogP contribution in [0.3, 0.4) is 0 Å². The predicted molar refractivity (Wildman–Crippen MR) is 50.0 cm³/mol. The first-order valence-electron chi connectivity index (χ1n) is 5.02. The van der Waals surface area contributed by atoms with Gasteiger partial charge in [0.25, 0.3) is 5.60 Å². The van der Waals surface area contributed by atoms with E-state index in [9.17, 15) is 39.5 Å². The average molecular weight is 327 g/mol. The van der Waals surface area contributed by atoms with Gasteiger partial charge in [0.2, 0.25) is 0 Å². The summed E-state index contributed by atoms with van der Waals surface area (Å²) >= 11 is 0. The fourth-order valence-corrected chi connectivity index (χ4v) is 1.48. The third-order valence-corrected chi connectivity index (χ3v) is 2.60. The van der Waals surface area contributed by atoms with Crippen molar-refractivity contribution < 1.29 is 44.6 Å². The number of pyridine rings is 1. The monoisotopic (exact) mass is 327 g/mol. The molecule has 1 heterocycles. The minimum Gasteiger partial charge on any atom is -0.368 e. The van der Waals surface area contributed by atoms with E-state index in [2.05, 4.69) is 4.98 Å².